The Kier molecular flexibility index (Phi) is 4.66. The van der Waals surface area contributed by atoms with Crippen LogP contribution in [0.2, 0.25) is 0 Å². The third-order valence-electron chi connectivity index (χ3n) is 5.47. The molecule has 5 rings (SSSR count). The molecule has 8 heteroatoms. The van der Waals surface area contributed by atoms with Gasteiger partial charge in [0.25, 0.3) is 0 Å². The van der Waals surface area contributed by atoms with Crippen LogP contribution in [0.1, 0.15) is 12.1 Å². The minimum Gasteiger partial charge on any atom is -0.457 e. The Morgan fingerprint density at radius 1 is 1.03 bits per heavy atom. The lowest BCUT2D eigenvalue weighted by Crippen LogP contribution is -2.31. The van der Waals surface area contributed by atoms with E-state index >= 15 is 0 Å². The fraction of sp³-hybridized carbons (Fsp3) is 0.174. The Hall–Kier alpha value is -4.07. The van der Waals surface area contributed by atoms with Gasteiger partial charge in [-0.1, -0.05) is 30.3 Å². The van der Waals surface area contributed by atoms with Gasteiger partial charge < -0.3 is 25.5 Å². The highest BCUT2D eigenvalue weighted by atomic mass is 16.6. The number of benzene rings is 2. The van der Waals surface area contributed by atoms with Crippen molar-refractivity contribution >= 4 is 22.9 Å². The molecule has 0 saturated heterocycles. The first-order chi connectivity index (χ1) is 15.1. The van der Waals surface area contributed by atoms with Crippen molar-refractivity contribution in [1.29, 1.82) is 0 Å². The molecule has 4 aromatic rings. The number of nitrogen functional groups attached to an aromatic ring is 1. The molecule has 1 atom stereocenters. The largest absolute Gasteiger partial charge is 0.457 e. The minimum atomic E-state index is -0.770. The SMILES string of the molecule is NC(=O)OC1CCc2c(-c3ccc(Oc4ccccc4)cc3)c3c(N)ncnc3n2C1. The Morgan fingerprint density at radius 3 is 2.52 bits per heavy atom. The first kappa shape index (κ1) is 18.9. The second kappa shape index (κ2) is 7.64. The van der Waals surface area contributed by atoms with Crippen LogP contribution < -0.4 is 16.2 Å². The molecule has 2 aromatic carbocycles. The summed E-state index contributed by atoms with van der Waals surface area (Å²) < 4.78 is 13.2. The number of rotatable bonds is 4. The predicted octanol–water partition coefficient (Wildman–Crippen LogP) is 3.88. The van der Waals surface area contributed by atoms with Crippen molar-refractivity contribution in [3.05, 3.63) is 66.6 Å². The highest BCUT2D eigenvalue weighted by Crippen LogP contribution is 2.40. The van der Waals surface area contributed by atoms with Crippen LogP contribution in [-0.4, -0.2) is 26.7 Å². The molecule has 1 aliphatic heterocycles. The number of aromatic nitrogens is 3. The summed E-state index contributed by atoms with van der Waals surface area (Å²) >= 11 is 0. The average molecular weight is 415 g/mol. The van der Waals surface area contributed by atoms with Gasteiger partial charge in [-0.05, 0) is 42.7 Å². The number of nitrogens with two attached hydrogens (primary N) is 2. The minimum absolute atomic E-state index is 0.300. The second-order valence-electron chi connectivity index (χ2n) is 7.43. The molecule has 0 aliphatic carbocycles. The number of amides is 1. The van der Waals surface area contributed by atoms with Crippen LogP contribution in [0.4, 0.5) is 10.6 Å². The van der Waals surface area contributed by atoms with Gasteiger partial charge in [0, 0.05) is 11.3 Å². The van der Waals surface area contributed by atoms with Crippen LogP contribution in [0.5, 0.6) is 11.5 Å². The van der Waals surface area contributed by atoms with E-state index in [0.717, 1.165) is 39.4 Å². The Morgan fingerprint density at radius 2 is 1.77 bits per heavy atom. The van der Waals surface area contributed by atoms with E-state index < -0.39 is 6.09 Å². The Labute approximate surface area is 178 Å². The highest BCUT2D eigenvalue weighted by molar-refractivity contribution is 6.02. The molecule has 0 radical (unpaired) electrons. The van der Waals surface area contributed by atoms with Crippen molar-refractivity contribution in [1.82, 2.24) is 14.5 Å². The molecule has 1 aliphatic rings. The van der Waals surface area contributed by atoms with Gasteiger partial charge in [0.05, 0.1) is 11.9 Å². The number of para-hydroxylation sites is 1. The van der Waals surface area contributed by atoms with Crippen molar-refractivity contribution in [3.63, 3.8) is 0 Å². The average Bonchev–Trinajstić information content (AvgIpc) is 3.10. The summed E-state index contributed by atoms with van der Waals surface area (Å²) in [5, 5.41) is 0.800. The van der Waals surface area contributed by atoms with E-state index in [-0.39, 0.29) is 6.10 Å². The lowest BCUT2D eigenvalue weighted by molar-refractivity contribution is 0.0841. The fourth-order valence-electron chi connectivity index (χ4n) is 4.18. The van der Waals surface area contributed by atoms with Crippen LogP contribution in [0.15, 0.2) is 60.9 Å². The summed E-state index contributed by atoms with van der Waals surface area (Å²) in [4.78, 5) is 19.9. The van der Waals surface area contributed by atoms with Crippen molar-refractivity contribution in [2.24, 2.45) is 5.73 Å². The van der Waals surface area contributed by atoms with Gasteiger partial charge in [-0.2, -0.15) is 0 Å². The molecule has 3 heterocycles. The first-order valence-corrected chi connectivity index (χ1v) is 10.0. The molecule has 0 saturated carbocycles. The van der Waals surface area contributed by atoms with Crippen molar-refractivity contribution < 1.29 is 14.3 Å². The standard InChI is InChI=1S/C23H21N5O3/c24-21-20-19(14-6-8-16(9-7-14)30-15-4-2-1-3-5-15)18-11-10-17(31-23(25)29)12-28(18)22(20)27-13-26-21/h1-9,13,17H,10-12H2,(H2,25,29)(H2,24,26,27). The van der Waals surface area contributed by atoms with Gasteiger partial charge >= 0.3 is 6.09 Å². The summed E-state index contributed by atoms with van der Waals surface area (Å²) in [6.45, 7) is 0.473. The number of ether oxygens (including phenoxy) is 2. The van der Waals surface area contributed by atoms with E-state index in [1.165, 1.54) is 6.33 Å². The predicted molar refractivity (Wildman–Crippen MR) is 117 cm³/mol. The number of carbonyl (C=O) groups is 1. The monoisotopic (exact) mass is 415 g/mol. The molecular formula is C23H21N5O3. The third kappa shape index (κ3) is 3.52. The summed E-state index contributed by atoms with van der Waals surface area (Å²) in [5.74, 6) is 1.94. The Balaban J connectivity index is 1.55. The lowest BCUT2D eigenvalue weighted by Gasteiger charge is -2.25. The van der Waals surface area contributed by atoms with Crippen LogP contribution >= 0.6 is 0 Å². The van der Waals surface area contributed by atoms with Gasteiger partial charge in [-0.15, -0.1) is 0 Å². The zero-order valence-corrected chi connectivity index (χ0v) is 16.7. The van der Waals surface area contributed by atoms with Crippen molar-refractivity contribution in [2.75, 3.05) is 5.73 Å². The molecule has 156 valence electrons. The molecule has 8 nitrogen and oxygen atoms in total. The number of primary amides is 1. The number of hydrogen-bond acceptors (Lipinski definition) is 6. The molecule has 0 spiro atoms. The lowest BCUT2D eigenvalue weighted by atomic mass is 9.98. The zero-order chi connectivity index (χ0) is 21.4. The summed E-state index contributed by atoms with van der Waals surface area (Å²) in [6.07, 6.45) is 1.75. The number of fused-ring (bicyclic) bond motifs is 3. The fourth-order valence-corrected chi connectivity index (χ4v) is 4.18. The van der Waals surface area contributed by atoms with Gasteiger partial charge in [0.1, 0.15) is 35.4 Å². The molecule has 4 N–H and O–H groups in total. The Bertz CT molecular complexity index is 1250. The molecule has 1 unspecified atom stereocenters. The van der Waals surface area contributed by atoms with Crippen LogP contribution in [0.3, 0.4) is 0 Å². The van der Waals surface area contributed by atoms with Crippen LogP contribution in [-0.2, 0) is 17.7 Å². The molecule has 31 heavy (non-hydrogen) atoms. The van der Waals surface area contributed by atoms with Crippen molar-refractivity contribution in [2.45, 2.75) is 25.5 Å². The quantitative estimate of drug-likeness (QED) is 0.522. The number of carbonyl (C=O) groups excluding carboxylic acids is 1. The van der Waals surface area contributed by atoms with Gasteiger partial charge in [-0.3, -0.25) is 0 Å². The van der Waals surface area contributed by atoms with Crippen molar-refractivity contribution in [3.8, 4) is 22.6 Å². The van der Waals surface area contributed by atoms with Crippen LogP contribution in [0, 0.1) is 0 Å². The molecule has 0 fully saturated rings. The van der Waals surface area contributed by atoms with Crippen LogP contribution in [0.25, 0.3) is 22.2 Å². The van der Waals surface area contributed by atoms with E-state index in [1.54, 1.807) is 0 Å². The number of anilines is 1. The van der Waals surface area contributed by atoms with Gasteiger partial charge in [-0.25, -0.2) is 14.8 Å². The topological polar surface area (TPSA) is 118 Å². The first-order valence-electron chi connectivity index (χ1n) is 10.0. The van der Waals surface area contributed by atoms with E-state index in [0.29, 0.717) is 25.2 Å². The van der Waals surface area contributed by atoms with Gasteiger partial charge in [0.2, 0.25) is 0 Å². The zero-order valence-electron chi connectivity index (χ0n) is 16.7. The summed E-state index contributed by atoms with van der Waals surface area (Å²) in [6, 6.07) is 17.5. The van der Waals surface area contributed by atoms with E-state index in [9.17, 15) is 4.79 Å². The maximum atomic E-state index is 11.2. The normalized spacial score (nSPS) is 15.4. The smallest absolute Gasteiger partial charge is 0.404 e. The molecule has 1 amide bonds. The summed E-state index contributed by atoms with van der Waals surface area (Å²) in [5.41, 5.74) is 15.3. The second-order valence-corrected chi connectivity index (χ2v) is 7.43. The maximum absolute atomic E-state index is 11.2. The molecule has 0 bridgehead atoms. The molecule has 2 aromatic heterocycles. The van der Waals surface area contributed by atoms with E-state index in [4.69, 9.17) is 20.9 Å². The summed E-state index contributed by atoms with van der Waals surface area (Å²) in [7, 11) is 0. The molecular weight excluding hydrogens is 394 g/mol. The number of nitrogens with zero attached hydrogens (tertiary/aromatic N) is 3. The van der Waals surface area contributed by atoms with E-state index in [1.807, 2.05) is 59.2 Å². The highest BCUT2D eigenvalue weighted by Gasteiger charge is 2.29. The third-order valence-corrected chi connectivity index (χ3v) is 5.47. The van der Waals surface area contributed by atoms with E-state index in [2.05, 4.69) is 9.97 Å². The maximum Gasteiger partial charge on any atom is 0.404 e. The number of hydrogen-bond donors (Lipinski definition) is 2. The van der Waals surface area contributed by atoms with Gasteiger partial charge in [0.15, 0.2) is 0 Å².